The second kappa shape index (κ2) is 7.62. The minimum atomic E-state index is -0.838. The van der Waals surface area contributed by atoms with Gasteiger partial charge < -0.3 is 10.4 Å². The summed E-state index contributed by atoms with van der Waals surface area (Å²) in [6.45, 7) is 3.95. The van der Waals surface area contributed by atoms with Gasteiger partial charge in [0.25, 0.3) is 0 Å². The molecule has 1 atom stereocenters. The number of hydrogen-bond donors (Lipinski definition) is 2. The van der Waals surface area contributed by atoms with E-state index in [-0.39, 0.29) is 12.5 Å². The molecule has 1 unspecified atom stereocenters. The second-order valence-corrected chi connectivity index (χ2v) is 6.65. The summed E-state index contributed by atoms with van der Waals surface area (Å²) in [5, 5.41) is 12.3. The number of aryl methyl sites for hydroxylation is 1. The summed E-state index contributed by atoms with van der Waals surface area (Å²) in [6.07, 6.45) is 4.52. The zero-order valence-corrected chi connectivity index (χ0v) is 14.1. The number of carboxylic acid groups (broad SMARTS) is 1. The molecule has 1 amide bonds. The molecule has 1 aliphatic rings. The van der Waals surface area contributed by atoms with Crippen molar-refractivity contribution in [3.05, 3.63) is 35.4 Å². The molecule has 0 saturated heterocycles. The van der Waals surface area contributed by atoms with Gasteiger partial charge in [-0.15, -0.1) is 0 Å². The number of carbonyl (C=O) groups excluding carboxylic acids is 1. The molecular weight excluding hydrogens is 290 g/mol. The lowest BCUT2D eigenvalue weighted by molar-refractivity contribution is -0.149. The molecule has 0 saturated carbocycles. The van der Waals surface area contributed by atoms with E-state index in [4.69, 9.17) is 0 Å². The Hall–Kier alpha value is -1.84. The highest BCUT2D eigenvalue weighted by Crippen LogP contribution is 2.28. The van der Waals surface area contributed by atoms with Crippen molar-refractivity contribution >= 4 is 11.9 Å². The highest BCUT2D eigenvalue weighted by atomic mass is 16.4. The van der Waals surface area contributed by atoms with Crippen LogP contribution < -0.4 is 5.32 Å². The number of amides is 1. The fourth-order valence-electron chi connectivity index (χ4n) is 3.43. The molecule has 0 bridgehead atoms. The molecular formula is C19H27NO3. The Kier molecular flexibility index (Phi) is 5.80. The van der Waals surface area contributed by atoms with Crippen molar-refractivity contribution in [2.75, 3.05) is 6.54 Å². The van der Waals surface area contributed by atoms with Crippen LogP contribution in [-0.2, 0) is 22.4 Å². The van der Waals surface area contributed by atoms with E-state index in [1.54, 1.807) is 0 Å². The zero-order valence-electron chi connectivity index (χ0n) is 14.1. The highest BCUT2D eigenvalue weighted by Gasteiger charge is 2.35. The summed E-state index contributed by atoms with van der Waals surface area (Å²) in [6, 6.07) is 8.41. The number of carbonyl (C=O) groups is 2. The Morgan fingerprint density at radius 3 is 2.48 bits per heavy atom. The molecule has 126 valence electrons. The van der Waals surface area contributed by atoms with Crippen molar-refractivity contribution in [3.8, 4) is 0 Å². The maximum Gasteiger partial charge on any atom is 0.311 e. The summed E-state index contributed by atoms with van der Waals surface area (Å²) in [7, 11) is 0. The van der Waals surface area contributed by atoms with Gasteiger partial charge in [0.1, 0.15) is 0 Å². The number of hydrogen-bond acceptors (Lipinski definition) is 2. The number of carboxylic acids is 1. The van der Waals surface area contributed by atoms with E-state index in [0.29, 0.717) is 25.2 Å². The first-order chi connectivity index (χ1) is 11.0. The van der Waals surface area contributed by atoms with Gasteiger partial charge in [-0.3, -0.25) is 9.59 Å². The molecule has 0 spiro atoms. The summed E-state index contributed by atoms with van der Waals surface area (Å²) < 4.78 is 0. The van der Waals surface area contributed by atoms with Gasteiger partial charge in [0.05, 0.1) is 5.41 Å². The SMILES string of the molecule is CCC(CC)(CNC(=O)CC1CCc2ccccc2C1)C(=O)O. The van der Waals surface area contributed by atoms with E-state index in [1.807, 2.05) is 19.9 Å². The Morgan fingerprint density at radius 2 is 1.87 bits per heavy atom. The quantitative estimate of drug-likeness (QED) is 0.811. The van der Waals surface area contributed by atoms with Crippen molar-refractivity contribution in [3.63, 3.8) is 0 Å². The first-order valence-corrected chi connectivity index (χ1v) is 8.57. The van der Waals surface area contributed by atoms with Crippen LogP contribution in [0.4, 0.5) is 0 Å². The Labute approximate surface area is 138 Å². The fraction of sp³-hybridized carbons (Fsp3) is 0.579. The van der Waals surface area contributed by atoms with Gasteiger partial charge in [-0.1, -0.05) is 38.1 Å². The average molecular weight is 317 g/mol. The van der Waals surface area contributed by atoms with E-state index < -0.39 is 11.4 Å². The molecule has 1 aliphatic carbocycles. The molecule has 0 fully saturated rings. The van der Waals surface area contributed by atoms with Crippen LogP contribution in [0.15, 0.2) is 24.3 Å². The molecule has 23 heavy (non-hydrogen) atoms. The van der Waals surface area contributed by atoms with Crippen LogP contribution in [0.25, 0.3) is 0 Å². The summed E-state index contributed by atoms with van der Waals surface area (Å²) in [5.41, 5.74) is 1.90. The molecule has 1 aromatic rings. The largest absolute Gasteiger partial charge is 0.481 e. The van der Waals surface area contributed by atoms with Gasteiger partial charge in [0, 0.05) is 13.0 Å². The summed E-state index contributed by atoms with van der Waals surface area (Å²) >= 11 is 0. The average Bonchev–Trinajstić information content (AvgIpc) is 2.56. The lowest BCUT2D eigenvalue weighted by Gasteiger charge is -2.28. The third-order valence-corrected chi connectivity index (χ3v) is 5.35. The molecule has 2 N–H and O–H groups in total. The van der Waals surface area contributed by atoms with E-state index in [9.17, 15) is 14.7 Å². The smallest absolute Gasteiger partial charge is 0.311 e. The van der Waals surface area contributed by atoms with Gasteiger partial charge in [-0.05, 0) is 49.1 Å². The van der Waals surface area contributed by atoms with Gasteiger partial charge in [0.15, 0.2) is 0 Å². The Balaban J connectivity index is 1.87. The lowest BCUT2D eigenvalue weighted by atomic mass is 9.81. The number of aliphatic carboxylic acids is 1. The topological polar surface area (TPSA) is 66.4 Å². The van der Waals surface area contributed by atoms with E-state index in [2.05, 4.69) is 23.5 Å². The molecule has 1 aromatic carbocycles. The van der Waals surface area contributed by atoms with Crippen LogP contribution in [-0.4, -0.2) is 23.5 Å². The van der Waals surface area contributed by atoms with Crippen LogP contribution in [0.5, 0.6) is 0 Å². The molecule has 4 heteroatoms. The van der Waals surface area contributed by atoms with Gasteiger partial charge in [0.2, 0.25) is 5.91 Å². The maximum atomic E-state index is 12.2. The normalized spacial score (nSPS) is 17.4. The summed E-state index contributed by atoms with van der Waals surface area (Å²) in [4.78, 5) is 23.7. The van der Waals surface area contributed by atoms with Crippen molar-refractivity contribution in [2.24, 2.45) is 11.3 Å². The third-order valence-electron chi connectivity index (χ3n) is 5.35. The standard InChI is InChI=1S/C19H27NO3/c1-3-19(4-2,18(22)23)13-20-17(21)12-14-9-10-15-7-5-6-8-16(15)11-14/h5-8,14H,3-4,9-13H2,1-2H3,(H,20,21)(H,22,23). The zero-order chi connectivity index (χ0) is 16.9. The van der Waals surface area contributed by atoms with Crippen LogP contribution in [0, 0.1) is 11.3 Å². The van der Waals surface area contributed by atoms with Crippen molar-refractivity contribution in [1.29, 1.82) is 0 Å². The fourth-order valence-corrected chi connectivity index (χ4v) is 3.43. The molecule has 0 heterocycles. The monoisotopic (exact) mass is 317 g/mol. The van der Waals surface area contributed by atoms with Gasteiger partial charge in [-0.2, -0.15) is 0 Å². The number of nitrogens with one attached hydrogen (secondary N) is 1. The molecule has 0 aliphatic heterocycles. The van der Waals surface area contributed by atoms with E-state index in [1.165, 1.54) is 11.1 Å². The van der Waals surface area contributed by atoms with Crippen molar-refractivity contribution in [1.82, 2.24) is 5.32 Å². The van der Waals surface area contributed by atoms with E-state index in [0.717, 1.165) is 19.3 Å². The van der Waals surface area contributed by atoms with Gasteiger partial charge >= 0.3 is 5.97 Å². The molecule has 0 radical (unpaired) electrons. The van der Waals surface area contributed by atoms with Crippen LogP contribution in [0.3, 0.4) is 0 Å². The van der Waals surface area contributed by atoms with Crippen molar-refractivity contribution < 1.29 is 14.7 Å². The van der Waals surface area contributed by atoms with Crippen LogP contribution >= 0.6 is 0 Å². The number of rotatable bonds is 7. The first-order valence-electron chi connectivity index (χ1n) is 8.57. The van der Waals surface area contributed by atoms with Gasteiger partial charge in [-0.25, -0.2) is 0 Å². The molecule has 4 nitrogen and oxygen atoms in total. The minimum Gasteiger partial charge on any atom is -0.481 e. The maximum absolute atomic E-state index is 12.2. The molecule has 2 rings (SSSR count). The summed E-state index contributed by atoms with van der Waals surface area (Å²) in [5.74, 6) is -0.497. The molecule has 0 aromatic heterocycles. The predicted octanol–water partition coefficient (Wildman–Crippen LogP) is 3.19. The lowest BCUT2D eigenvalue weighted by Crippen LogP contribution is -2.42. The van der Waals surface area contributed by atoms with Crippen molar-refractivity contribution in [2.45, 2.75) is 52.4 Å². The number of fused-ring (bicyclic) bond motifs is 1. The minimum absolute atomic E-state index is 0.0260. The van der Waals surface area contributed by atoms with Crippen LogP contribution in [0.2, 0.25) is 0 Å². The second-order valence-electron chi connectivity index (χ2n) is 6.65. The van der Waals surface area contributed by atoms with E-state index >= 15 is 0 Å². The predicted molar refractivity (Wildman–Crippen MR) is 90.2 cm³/mol. The Morgan fingerprint density at radius 1 is 1.22 bits per heavy atom. The Bertz CT molecular complexity index is 563. The highest BCUT2D eigenvalue weighted by molar-refractivity contribution is 5.79. The van der Waals surface area contributed by atoms with Crippen LogP contribution in [0.1, 0.15) is 50.7 Å². The first kappa shape index (κ1) is 17.5. The third kappa shape index (κ3) is 4.12. The number of benzene rings is 1.